The van der Waals surface area contributed by atoms with Crippen LogP contribution in [0, 0.1) is 35.5 Å². The summed E-state index contributed by atoms with van der Waals surface area (Å²) in [5.74, 6) is 5.24. The largest absolute Gasteiger partial charge is 0.356 e. The first kappa shape index (κ1) is 15.6. The molecule has 1 N–H and O–H groups in total. The zero-order chi connectivity index (χ0) is 14.8. The first-order valence-corrected chi connectivity index (χ1v) is 9.58. The number of rotatable bonds is 7. The molecule has 120 valence electrons. The number of alkyl halides is 1. The summed E-state index contributed by atoms with van der Waals surface area (Å²) >= 11 is 5.88. The van der Waals surface area contributed by atoms with Gasteiger partial charge in [-0.05, 0) is 74.5 Å². The van der Waals surface area contributed by atoms with Gasteiger partial charge in [0.2, 0.25) is 5.91 Å². The second kappa shape index (κ2) is 6.89. The van der Waals surface area contributed by atoms with Crippen LogP contribution in [0.3, 0.4) is 0 Å². The number of carbonyl (C=O) groups excluding carboxylic acids is 1. The number of halogens is 1. The molecule has 0 aliphatic heterocycles. The first-order chi connectivity index (χ1) is 10.2. The van der Waals surface area contributed by atoms with Gasteiger partial charge in [-0.15, -0.1) is 11.6 Å². The highest BCUT2D eigenvalue weighted by Crippen LogP contribution is 2.56. The van der Waals surface area contributed by atoms with Gasteiger partial charge in [0.1, 0.15) is 0 Å². The first-order valence-electron chi connectivity index (χ1n) is 9.04. The Bertz CT molecular complexity index is 336. The fourth-order valence-electron chi connectivity index (χ4n) is 5.63. The van der Waals surface area contributed by atoms with E-state index in [1.807, 2.05) is 0 Å². The van der Waals surface area contributed by atoms with E-state index in [2.05, 4.69) is 12.2 Å². The van der Waals surface area contributed by atoms with Crippen LogP contribution in [0.2, 0.25) is 0 Å². The minimum absolute atomic E-state index is 0.330. The molecule has 1 amide bonds. The zero-order valence-electron chi connectivity index (χ0n) is 13.3. The van der Waals surface area contributed by atoms with Crippen molar-refractivity contribution in [2.75, 3.05) is 12.4 Å². The standard InChI is InChI=1S/C18H30ClNO/c1-2-3-12(4-5-19)11-20-18(21)17-15-7-13-6-14(9-15)10-16(17)8-13/h12-17H,2-11H2,1H3,(H,20,21). The van der Waals surface area contributed by atoms with Crippen molar-refractivity contribution < 1.29 is 4.79 Å². The molecular weight excluding hydrogens is 282 g/mol. The van der Waals surface area contributed by atoms with Gasteiger partial charge in [0.05, 0.1) is 0 Å². The van der Waals surface area contributed by atoms with Crippen molar-refractivity contribution in [1.82, 2.24) is 5.32 Å². The summed E-state index contributed by atoms with van der Waals surface area (Å²) in [7, 11) is 0. The molecule has 0 aromatic heterocycles. The van der Waals surface area contributed by atoms with E-state index in [4.69, 9.17) is 11.6 Å². The maximum absolute atomic E-state index is 12.7. The molecule has 4 rings (SSSR count). The summed E-state index contributed by atoms with van der Waals surface area (Å²) in [6.07, 6.45) is 10.1. The second-order valence-corrected chi connectivity index (χ2v) is 8.21. The Morgan fingerprint density at radius 1 is 1.10 bits per heavy atom. The van der Waals surface area contributed by atoms with E-state index in [0.717, 1.165) is 24.8 Å². The maximum atomic E-state index is 12.7. The molecule has 0 radical (unpaired) electrons. The average Bonchev–Trinajstić information content (AvgIpc) is 2.44. The lowest BCUT2D eigenvalue weighted by atomic mass is 9.51. The highest BCUT2D eigenvalue weighted by atomic mass is 35.5. The molecule has 4 fully saturated rings. The van der Waals surface area contributed by atoms with Crippen molar-refractivity contribution in [3.05, 3.63) is 0 Å². The predicted molar refractivity (Wildman–Crippen MR) is 87.3 cm³/mol. The maximum Gasteiger partial charge on any atom is 0.223 e. The highest BCUT2D eigenvalue weighted by Gasteiger charge is 2.50. The Morgan fingerprint density at radius 3 is 2.24 bits per heavy atom. The van der Waals surface area contributed by atoms with Gasteiger partial charge in [-0.3, -0.25) is 4.79 Å². The number of hydrogen-bond acceptors (Lipinski definition) is 1. The van der Waals surface area contributed by atoms with Gasteiger partial charge < -0.3 is 5.32 Å². The van der Waals surface area contributed by atoms with Crippen LogP contribution in [-0.2, 0) is 4.79 Å². The van der Waals surface area contributed by atoms with Crippen LogP contribution < -0.4 is 5.32 Å². The molecule has 21 heavy (non-hydrogen) atoms. The van der Waals surface area contributed by atoms with Crippen LogP contribution in [0.15, 0.2) is 0 Å². The van der Waals surface area contributed by atoms with Gasteiger partial charge in [-0.1, -0.05) is 13.3 Å². The smallest absolute Gasteiger partial charge is 0.223 e. The van der Waals surface area contributed by atoms with E-state index in [-0.39, 0.29) is 0 Å². The number of amides is 1. The summed E-state index contributed by atoms with van der Waals surface area (Å²) in [4.78, 5) is 12.7. The van der Waals surface area contributed by atoms with Crippen LogP contribution >= 0.6 is 11.6 Å². The summed E-state index contributed by atoms with van der Waals surface area (Å²) < 4.78 is 0. The van der Waals surface area contributed by atoms with Gasteiger partial charge in [0.25, 0.3) is 0 Å². The Hall–Kier alpha value is -0.240. The Balaban J connectivity index is 1.53. The summed E-state index contributed by atoms with van der Waals surface area (Å²) in [5.41, 5.74) is 0. The van der Waals surface area contributed by atoms with Crippen molar-refractivity contribution in [3.63, 3.8) is 0 Å². The highest BCUT2D eigenvalue weighted by molar-refractivity contribution is 6.17. The molecule has 4 saturated carbocycles. The average molecular weight is 312 g/mol. The minimum atomic E-state index is 0.330. The Kier molecular flexibility index (Phi) is 5.14. The number of hydrogen-bond donors (Lipinski definition) is 1. The quantitative estimate of drug-likeness (QED) is 0.701. The van der Waals surface area contributed by atoms with Gasteiger partial charge in [-0.25, -0.2) is 0 Å². The lowest BCUT2D eigenvalue weighted by molar-refractivity contribution is -0.138. The molecule has 0 saturated heterocycles. The third-order valence-corrected chi connectivity index (χ3v) is 6.53. The lowest BCUT2D eigenvalue weighted by Crippen LogP contribution is -2.51. The van der Waals surface area contributed by atoms with Crippen LogP contribution in [0.5, 0.6) is 0 Å². The van der Waals surface area contributed by atoms with E-state index >= 15 is 0 Å². The Labute approximate surface area is 134 Å². The molecule has 1 atom stereocenters. The number of nitrogens with one attached hydrogen (secondary N) is 1. The van der Waals surface area contributed by atoms with E-state index in [9.17, 15) is 4.79 Å². The van der Waals surface area contributed by atoms with Gasteiger partial charge in [-0.2, -0.15) is 0 Å². The lowest BCUT2D eigenvalue weighted by Gasteiger charge is -2.53. The predicted octanol–water partition coefficient (Wildman–Crippen LogP) is 4.22. The molecule has 4 aliphatic carbocycles. The van der Waals surface area contributed by atoms with Crippen LogP contribution in [-0.4, -0.2) is 18.3 Å². The third-order valence-electron chi connectivity index (χ3n) is 6.31. The van der Waals surface area contributed by atoms with Crippen LogP contribution in [0.4, 0.5) is 0 Å². The fourth-order valence-corrected chi connectivity index (χ4v) is 5.94. The van der Waals surface area contributed by atoms with Gasteiger partial charge >= 0.3 is 0 Å². The summed E-state index contributed by atoms with van der Waals surface area (Å²) in [5, 5.41) is 3.28. The molecule has 0 aromatic carbocycles. The topological polar surface area (TPSA) is 29.1 Å². The summed E-state index contributed by atoms with van der Waals surface area (Å²) in [6, 6.07) is 0. The van der Waals surface area contributed by atoms with Crippen LogP contribution in [0.1, 0.15) is 58.3 Å². The van der Waals surface area contributed by atoms with E-state index in [1.165, 1.54) is 44.9 Å². The van der Waals surface area contributed by atoms with Crippen molar-refractivity contribution in [2.45, 2.75) is 58.3 Å². The van der Waals surface area contributed by atoms with E-state index in [1.54, 1.807) is 0 Å². The van der Waals surface area contributed by atoms with Gasteiger partial charge in [0, 0.05) is 18.3 Å². The molecular formula is C18H30ClNO. The van der Waals surface area contributed by atoms with Gasteiger partial charge in [0.15, 0.2) is 0 Å². The molecule has 2 nitrogen and oxygen atoms in total. The molecule has 3 heteroatoms. The molecule has 4 aliphatic rings. The van der Waals surface area contributed by atoms with E-state index < -0.39 is 0 Å². The van der Waals surface area contributed by atoms with E-state index in [0.29, 0.717) is 35.5 Å². The van der Waals surface area contributed by atoms with Crippen molar-refractivity contribution in [1.29, 1.82) is 0 Å². The van der Waals surface area contributed by atoms with Crippen LogP contribution in [0.25, 0.3) is 0 Å². The van der Waals surface area contributed by atoms with Crippen molar-refractivity contribution in [2.24, 2.45) is 35.5 Å². The number of carbonyl (C=O) groups is 1. The molecule has 4 bridgehead atoms. The fraction of sp³-hybridized carbons (Fsp3) is 0.944. The SMILES string of the molecule is CCCC(CCCl)CNC(=O)C1C2CC3CC(C2)CC1C3. The monoisotopic (exact) mass is 311 g/mol. The third kappa shape index (κ3) is 3.41. The molecule has 0 heterocycles. The molecule has 0 spiro atoms. The second-order valence-electron chi connectivity index (χ2n) is 7.83. The minimum Gasteiger partial charge on any atom is -0.356 e. The normalized spacial score (nSPS) is 38.5. The molecule has 0 aromatic rings. The molecule has 1 unspecified atom stereocenters. The zero-order valence-corrected chi connectivity index (χ0v) is 14.1. The Morgan fingerprint density at radius 2 is 1.71 bits per heavy atom. The summed E-state index contributed by atoms with van der Waals surface area (Å²) in [6.45, 7) is 3.04. The van der Waals surface area contributed by atoms with Crippen molar-refractivity contribution in [3.8, 4) is 0 Å². The van der Waals surface area contributed by atoms with Crippen molar-refractivity contribution >= 4 is 17.5 Å².